The van der Waals surface area contributed by atoms with Crippen LogP contribution in [-0.2, 0) is 11.8 Å². The van der Waals surface area contributed by atoms with Crippen LogP contribution < -0.4 is 5.56 Å². The Labute approximate surface area is 154 Å². The Balaban J connectivity index is 1.73. The second-order valence-electron chi connectivity index (χ2n) is 7.68. The van der Waals surface area contributed by atoms with E-state index in [0.29, 0.717) is 25.2 Å². The van der Waals surface area contributed by atoms with E-state index in [2.05, 4.69) is 12.0 Å². The summed E-state index contributed by atoms with van der Waals surface area (Å²) in [5.41, 5.74) is 0.0730. The van der Waals surface area contributed by atoms with E-state index in [0.717, 1.165) is 45.2 Å². The van der Waals surface area contributed by atoms with Crippen LogP contribution in [0.5, 0.6) is 0 Å². The molecule has 0 radical (unpaired) electrons. The third-order valence-corrected chi connectivity index (χ3v) is 5.66. The lowest BCUT2D eigenvalue weighted by atomic mass is 9.73. The Morgan fingerprint density at radius 1 is 1.23 bits per heavy atom. The second-order valence-corrected chi connectivity index (χ2v) is 7.68. The Hall–Kier alpha value is -2.18. The largest absolute Gasteiger partial charge is 0.342 e. The monoisotopic (exact) mass is 360 g/mol. The van der Waals surface area contributed by atoms with Gasteiger partial charge in [0.15, 0.2) is 0 Å². The van der Waals surface area contributed by atoms with Gasteiger partial charge in [-0.15, -0.1) is 0 Å². The Morgan fingerprint density at radius 3 is 2.77 bits per heavy atom. The number of aromatic nitrogens is 2. The number of rotatable bonds is 4. The molecule has 142 valence electrons. The first-order valence-electron chi connectivity index (χ1n) is 9.55. The number of hydrogen-bond acceptors (Lipinski definition) is 4. The van der Waals surface area contributed by atoms with Gasteiger partial charge in [0.25, 0.3) is 11.5 Å². The summed E-state index contributed by atoms with van der Waals surface area (Å²) in [4.78, 5) is 40.5. The number of hydrogen-bond donors (Lipinski definition) is 0. The number of nitrogens with zero attached hydrogens (tertiary/aromatic N) is 4. The standard InChI is InChI=1S/C19H28N4O3/c1-3-4-11-22-13-19(10-8-17(22)25)9-5-12-23(14-19)18(26)15-6-7-16(24)21(2)20-15/h6-7H,3-5,8-14H2,1-2H3/t19-/m1/s1. The van der Waals surface area contributed by atoms with Crippen LogP contribution in [0.4, 0.5) is 0 Å². The van der Waals surface area contributed by atoms with Gasteiger partial charge in [0, 0.05) is 51.1 Å². The lowest BCUT2D eigenvalue weighted by Crippen LogP contribution is -2.55. The SMILES string of the molecule is CCCCN1C[C@@]2(CCCN(C(=O)c3ccc(=O)n(C)n3)C2)CCC1=O. The van der Waals surface area contributed by atoms with Gasteiger partial charge in [0.1, 0.15) is 5.69 Å². The molecule has 7 heteroatoms. The van der Waals surface area contributed by atoms with Crippen molar-refractivity contribution in [3.8, 4) is 0 Å². The lowest BCUT2D eigenvalue weighted by Gasteiger charge is -2.48. The molecule has 2 saturated heterocycles. The summed E-state index contributed by atoms with van der Waals surface area (Å²) < 4.78 is 1.19. The summed E-state index contributed by atoms with van der Waals surface area (Å²) in [6.45, 7) is 5.05. The molecule has 2 amide bonds. The van der Waals surface area contributed by atoms with E-state index in [9.17, 15) is 14.4 Å². The van der Waals surface area contributed by atoms with E-state index in [4.69, 9.17) is 0 Å². The Bertz CT molecular complexity index is 745. The molecular weight excluding hydrogens is 332 g/mol. The Morgan fingerprint density at radius 2 is 2.04 bits per heavy atom. The second kappa shape index (κ2) is 7.60. The maximum Gasteiger partial charge on any atom is 0.274 e. The van der Waals surface area contributed by atoms with Gasteiger partial charge in [-0.05, 0) is 31.7 Å². The molecule has 1 aromatic heterocycles. The summed E-state index contributed by atoms with van der Waals surface area (Å²) in [7, 11) is 1.55. The molecule has 26 heavy (non-hydrogen) atoms. The van der Waals surface area contributed by atoms with Crippen molar-refractivity contribution in [3.05, 3.63) is 28.2 Å². The molecule has 0 aliphatic carbocycles. The molecule has 1 atom stereocenters. The molecule has 3 heterocycles. The average molecular weight is 360 g/mol. The van der Waals surface area contributed by atoms with Crippen molar-refractivity contribution in [1.82, 2.24) is 19.6 Å². The van der Waals surface area contributed by atoms with Gasteiger partial charge >= 0.3 is 0 Å². The van der Waals surface area contributed by atoms with Crippen LogP contribution in [0.25, 0.3) is 0 Å². The predicted octanol–water partition coefficient (Wildman–Crippen LogP) is 1.43. The molecule has 7 nitrogen and oxygen atoms in total. The van der Waals surface area contributed by atoms with Crippen molar-refractivity contribution < 1.29 is 9.59 Å². The fourth-order valence-corrected chi connectivity index (χ4v) is 4.15. The maximum absolute atomic E-state index is 12.9. The molecule has 0 saturated carbocycles. The van der Waals surface area contributed by atoms with E-state index < -0.39 is 0 Å². The molecule has 0 unspecified atom stereocenters. The van der Waals surface area contributed by atoms with E-state index >= 15 is 0 Å². The summed E-state index contributed by atoms with van der Waals surface area (Å²) in [6.07, 6.45) is 5.50. The van der Waals surface area contributed by atoms with E-state index in [-0.39, 0.29) is 22.8 Å². The van der Waals surface area contributed by atoms with Crippen LogP contribution >= 0.6 is 0 Å². The van der Waals surface area contributed by atoms with Crippen molar-refractivity contribution in [2.45, 2.75) is 45.4 Å². The highest BCUT2D eigenvalue weighted by atomic mass is 16.2. The van der Waals surface area contributed by atoms with Crippen molar-refractivity contribution in [3.63, 3.8) is 0 Å². The molecule has 1 aromatic rings. The van der Waals surface area contributed by atoms with Crippen LogP contribution in [0.3, 0.4) is 0 Å². The van der Waals surface area contributed by atoms with E-state index in [1.807, 2.05) is 9.80 Å². The smallest absolute Gasteiger partial charge is 0.274 e. The minimum atomic E-state index is -0.228. The minimum Gasteiger partial charge on any atom is -0.342 e. The highest BCUT2D eigenvalue weighted by molar-refractivity contribution is 5.92. The van der Waals surface area contributed by atoms with E-state index in [1.54, 1.807) is 7.05 Å². The lowest BCUT2D eigenvalue weighted by molar-refractivity contribution is -0.139. The molecule has 2 aliphatic heterocycles. The first-order valence-corrected chi connectivity index (χ1v) is 9.55. The zero-order valence-corrected chi connectivity index (χ0v) is 15.7. The highest BCUT2D eigenvalue weighted by Gasteiger charge is 2.42. The number of amides is 2. The van der Waals surface area contributed by atoms with Crippen LogP contribution in [-0.4, -0.2) is 57.6 Å². The number of piperidine rings is 2. The molecule has 3 rings (SSSR count). The van der Waals surface area contributed by atoms with Gasteiger partial charge < -0.3 is 9.80 Å². The van der Waals surface area contributed by atoms with Gasteiger partial charge in [-0.1, -0.05) is 13.3 Å². The molecular formula is C19H28N4O3. The minimum absolute atomic E-state index is 0.00375. The zero-order valence-electron chi connectivity index (χ0n) is 15.7. The van der Waals surface area contributed by atoms with Gasteiger partial charge in [-0.25, -0.2) is 4.68 Å². The summed E-state index contributed by atoms with van der Waals surface area (Å²) in [6, 6.07) is 2.88. The summed E-state index contributed by atoms with van der Waals surface area (Å²) in [5, 5.41) is 4.10. The number of carbonyl (C=O) groups is 2. The first kappa shape index (κ1) is 18.6. The van der Waals surface area contributed by atoms with Crippen LogP contribution in [0.1, 0.15) is 55.9 Å². The molecule has 0 N–H and O–H groups in total. The van der Waals surface area contributed by atoms with Crippen molar-refractivity contribution in [1.29, 1.82) is 0 Å². The Kier molecular flexibility index (Phi) is 5.44. The third-order valence-electron chi connectivity index (χ3n) is 5.66. The van der Waals surface area contributed by atoms with Crippen LogP contribution in [0, 0.1) is 5.41 Å². The predicted molar refractivity (Wildman–Crippen MR) is 97.8 cm³/mol. The molecule has 0 aromatic carbocycles. The molecule has 1 spiro atoms. The van der Waals surface area contributed by atoms with Crippen molar-refractivity contribution in [2.24, 2.45) is 12.5 Å². The highest BCUT2D eigenvalue weighted by Crippen LogP contribution is 2.39. The average Bonchev–Trinajstić information content (AvgIpc) is 2.64. The van der Waals surface area contributed by atoms with Crippen molar-refractivity contribution >= 4 is 11.8 Å². The fraction of sp³-hybridized carbons (Fsp3) is 0.684. The number of aryl methyl sites for hydroxylation is 1. The summed E-state index contributed by atoms with van der Waals surface area (Å²) >= 11 is 0. The van der Waals surface area contributed by atoms with Gasteiger partial charge in [0.2, 0.25) is 5.91 Å². The normalized spacial score (nSPS) is 23.5. The van der Waals surface area contributed by atoms with Crippen LogP contribution in [0.15, 0.2) is 16.9 Å². The fourth-order valence-electron chi connectivity index (χ4n) is 4.15. The first-order chi connectivity index (χ1) is 12.4. The van der Waals surface area contributed by atoms with Crippen LogP contribution in [0.2, 0.25) is 0 Å². The van der Waals surface area contributed by atoms with Gasteiger partial charge in [-0.3, -0.25) is 14.4 Å². The number of unbranched alkanes of at least 4 members (excludes halogenated alkanes) is 1. The van der Waals surface area contributed by atoms with Crippen molar-refractivity contribution in [2.75, 3.05) is 26.2 Å². The van der Waals surface area contributed by atoms with Gasteiger partial charge in [-0.2, -0.15) is 5.10 Å². The molecule has 2 aliphatic rings. The van der Waals surface area contributed by atoms with E-state index in [1.165, 1.54) is 16.8 Å². The number of likely N-dealkylation sites (tertiary alicyclic amines) is 2. The number of carbonyl (C=O) groups excluding carboxylic acids is 2. The molecule has 2 fully saturated rings. The summed E-state index contributed by atoms with van der Waals surface area (Å²) in [5.74, 6) is 0.115. The topological polar surface area (TPSA) is 75.5 Å². The molecule has 0 bridgehead atoms. The quantitative estimate of drug-likeness (QED) is 0.814. The maximum atomic E-state index is 12.9. The van der Waals surface area contributed by atoms with Gasteiger partial charge in [0.05, 0.1) is 0 Å². The third kappa shape index (κ3) is 3.81. The zero-order chi connectivity index (χ0) is 18.7.